The zero-order valence-corrected chi connectivity index (χ0v) is 7.43. The van der Waals surface area contributed by atoms with E-state index in [-0.39, 0.29) is 0 Å². The summed E-state index contributed by atoms with van der Waals surface area (Å²) in [6, 6.07) is 0. The lowest BCUT2D eigenvalue weighted by molar-refractivity contribution is 0.843. The van der Waals surface area contributed by atoms with Crippen molar-refractivity contribution in [1.29, 1.82) is 0 Å². The Bertz CT molecular complexity index is 154. The van der Waals surface area contributed by atoms with E-state index >= 15 is 0 Å². The summed E-state index contributed by atoms with van der Waals surface area (Å²) in [5.41, 5.74) is 1.30. The fraction of sp³-hybridized carbons (Fsp3) is 0.400. The van der Waals surface area contributed by atoms with Gasteiger partial charge in [-0.3, -0.25) is 0 Å². The van der Waals surface area contributed by atoms with E-state index in [0.29, 0.717) is 0 Å². The van der Waals surface area contributed by atoms with Crippen LogP contribution >= 0.6 is 0 Å². The molecule has 0 unspecified atom stereocenters. The molecule has 0 atom stereocenters. The minimum atomic E-state index is 0.874. The SMILES string of the molecule is C=CCNC/C=C/C(C)=C/C. The van der Waals surface area contributed by atoms with E-state index in [4.69, 9.17) is 0 Å². The van der Waals surface area contributed by atoms with Crippen LogP contribution in [-0.2, 0) is 0 Å². The van der Waals surface area contributed by atoms with E-state index in [1.54, 1.807) is 0 Å². The van der Waals surface area contributed by atoms with Crippen LogP contribution in [0.15, 0.2) is 36.5 Å². The molecule has 0 fully saturated rings. The van der Waals surface area contributed by atoms with Gasteiger partial charge in [-0.05, 0) is 13.8 Å². The Labute approximate surface area is 69.5 Å². The molecule has 0 aromatic heterocycles. The third-order valence-electron chi connectivity index (χ3n) is 1.39. The van der Waals surface area contributed by atoms with E-state index in [1.165, 1.54) is 5.57 Å². The highest BCUT2D eigenvalue weighted by Gasteiger charge is 1.77. The molecular formula is C10H17N. The van der Waals surface area contributed by atoms with Crippen LogP contribution < -0.4 is 5.32 Å². The summed E-state index contributed by atoms with van der Waals surface area (Å²) in [5.74, 6) is 0. The largest absolute Gasteiger partial charge is 0.310 e. The molecular weight excluding hydrogens is 134 g/mol. The number of hydrogen-bond acceptors (Lipinski definition) is 1. The molecule has 0 saturated heterocycles. The van der Waals surface area contributed by atoms with Gasteiger partial charge in [-0.2, -0.15) is 0 Å². The van der Waals surface area contributed by atoms with Gasteiger partial charge in [0, 0.05) is 13.1 Å². The van der Waals surface area contributed by atoms with E-state index in [2.05, 4.69) is 37.0 Å². The Morgan fingerprint density at radius 3 is 2.73 bits per heavy atom. The summed E-state index contributed by atoms with van der Waals surface area (Å²) in [6.45, 7) is 9.53. The summed E-state index contributed by atoms with van der Waals surface area (Å²) in [6.07, 6.45) is 8.16. The molecule has 0 aromatic rings. The summed E-state index contributed by atoms with van der Waals surface area (Å²) < 4.78 is 0. The molecule has 0 bridgehead atoms. The van der Waals surface area contributed by atoms with Gasteiger partial charge in [0.1, 0.15) is 0 Å². The van der Waals surface area contributed by atoms with Crippen molar-refractivity contribution in [3.05, 3.63) is 36.5 Å². The van der Waals surface area contributed by atoms with Crippen LogP contribution in [0, 0.1) is 0 Å². The molecule has 0 aliphatic carbocycles. The molecule has 0 amide bonds. The molecule has 1 nitrogen and oxygen atoms in total. The lowest BCUT2D eigenvalue weighted by Crippen LogP contribution is -2.12. The first-order valence-corrected chi connectivity index (χ1v) is 3.92. The van der Waals surface area contributed by atoms with Gasteiger partial charge in [-0.25, -0.2) is 0 Å². The van der Waals surface area contributed by atoms with Gasteiger partial charge in [0.15, 0.2) is 0 Å². The molecule has 62 valence electrons. The van der Waals surface area contributed by atoms with Crippen molar-refractivity contribution in [2.45, 2.75) is 13.8 Å². The normalized spacial score (nSPS) is 12.4. The van der Waals surface area contributed by atoms with Gasteiger partial charge in [0.25, 0.3) is 0 Å². The fourth-order valence-electron chi connectivity index (χ4n) is 0.610. The summed E-state index contributed by atoms with van der Waals surface area (Å²) >= 11 is 0. The average Bonchev–Trinajstić information content (AvgIpc) is 2.04. The number of nitrogens with one attached hydrogen (secondary N) is 1. The van der Waals surface area contributed by atoms with E-state index in [0.717, 1.165) is 13.1 Å². The van der Waals surface area contributed by atoms with Gasteiger partial charge < -0.3 is 5.32 Å². The standard InChI is InChI=1S/C10H17N/c1-4-8-11-9-6-7-10(3)5-2/h4-7,11H,1,8-9H2,2-3H3/b7-6+,10-5+. The number of rotatable bonds is 5. The Hall–Kier alpha value is -0.820. The number of allylic oxidation sites excluding steroid dienone is 3. The third kappa shape index (κ3) is 7.07. The predicted molar refractivity (Wildman–Crippen MR) is 51.6 cm³/mol. The van der Waals surface area contributed by atoms with Crippen molar-refractivity contribution in [2.75, 3.05) is 13.1 Å². The van der Waals surface area contributed by atoms with Crippen LogP contribution in [0.3, 0.4) is 0 Å². The van der Waals surface area contributed by atoms with Gasteiger partial charge >= 0.3 is 0 Å². The van der Waals surface area contributed by atoms with E-state index in [1.807, 2.05) is 13.0 Å². The van der Waals surface area contributed by atoms with Crippen LogP contribution in [0.1, 0.15) is 13.8 Å². The third-order valence-corrected chi connectivity index (χ3v) is 1.39. The Morgan fingerprint density at radius 2 is 2.18 bits per heavy atom. The smallest absolute Gasteiger partial charge is 0.0141 e. The van der Waals surface area contributed by atoms with Crippen molar-refractivity contribution in [3.63, 3.8) is 0 Å². The summed E-state index contributed by atoms with van der Waals surface area (Å²) in [5, 5.41) is 3.18. The quantitative estimate of drug-likeness (QED) is 0.361. The predicted octanol–water partition coefficient (Wildman–Crippen LogP) is 2.28. The van der Waals surface area contributed by atoms with Crippen molar-refractivity contribution < 1.29 is 0 Å². The van der Waals surface area contributed by atoms with Crippen molar-refractivity contribution in [2.24, 2.45) is 0 Å². The minimum absolute atomic E-state index is 0.874. The van der Waals surface area contributed by atoms with Gasteiger partial charge in [-0.1, -0.05) is 29.9 Å². The molecule has 0 aliphatic rings. The lowest BCUT2D eigenvalue weighted by Gasteiger charge is -1.93. The molecule has 11 heavy (non-hydrogen) atoms. The first kappa shape index (κ1) is 10.2. The Balaban J connectivity index is 3.37. The molecule has 0 aliphatic heterocycles. The van der Waals surface area contributed by atoms with Crippen LogP contribution in [-0.4, -0.2) is 13.1 Å². The van der Waals surface area contributed by atoms with Crippen LogP contribution in [0.25, 0.3) is 0 Å². The maximum absolute atomic E-state index is 3.61. The maximum atomic E-state index is 3.61. The van der Waals surface area contributed by atoms with Crippen LogP contribution in [0.5, 0.6) is 0 Å². The van der Waals surface area contributed by atoms with Gasteiger partial charge in [0.2, 0.25) is 0 Å². The molecule has 0 heterocycles. The maximum Gasteiger partial charge on any atom is 0.0141 e. The molecule has 0 spiro atoms. The molecule has 0 rings (SSSR count). The van der Waals surface area contributed by atoms with E-state index in [9.17, 15) is 0 Å². The Morgan fingerprint density at radius 1 is 1.45 bits per heavy atom. The second kappa shape index (κ2) is 7.29. The molecule has 0 saturated carbocycles. The molecule has 1 heteroatoms. The first-order valence-electron chi connectivity index (χ1n) is 3.92. The Kier molecular flexibility index (Phi) is 6.75. The molecule has 1 N–H and O–H groups in total. The van der Waals surface area contributed by atoms with Crippen molar-refractivity contribution in [3.8, 4) is 0 Å². The topological polar surface area (TPSA) is 12.0 Å². The molecule has 0 radical (unpaired) electrons. The summed E-state index contributed by atoms with van der Waals surface area (Å²) in [7, 11) is 0. The highest BCUT2D eigenvalue weighted by Crippen LogP contribution is 1.91. The van der Waals surface area contributed by atoms with Crippen LogP contribution in [0.4, 0.5) is 0 Å². The van der Waals surface area contributed by atoms with Crippen molar-refractivity contribution in [1.82, 2.24) is 5.32 Å². The first-order chi connectivity index (χ1) is 5.31. The van der Waals surface area contributed by atoms with Crippen molar-refractivity contribution >= 4 is 0 Å². The lowest BCUT2D eigenvalue weighted by atomic mass is 10.2. The highest BCUT2D eigenvalue weighted by molar-refractivity contribution is 5.14. The minimum Gasteiger partial charge on any atom is -0.310 e. The van der Waals surface area contributed by atoms with Gasteiger partial charge in [0.05, 0.1) is 0 Å². The molecule has 0 aromatic carbocycles. The van der Waals surface area contributed by atoms with E-state index < -0.39 is 0 Å². The zero-order chi connectivity index (χ0) is 8.53. The zero-order valence-electron chi connectivity index (χ0n) is 7.43. The number of hydrogen-bond donors (Lipinski definition) is 1. The monoisotopic (exact) mass is 151 g/mol. The van der Waals surface area contributed by atoms with Gasteiger partial charge in [-0.15, -0.1) is 6.58 Å². The average molecular weight is 151 g/mol. The second-order valence-corrected chi connectivity index (χ2v) is 2.38. The van der Waals surface area contributed by atoms with Crippen LogP contribution in [0.2, 0.25) is 0 Å². The fourth-order valence-corrected chi connectivity index (χ4v) is 0.610. The second-order valence-electron chi connectivity index (χ2n) is 2.38. The summed E-state index contributed by atoms with van der Waals surface area (Å²) in [4.78, 5) is 0. The highest BCUT2D eigenvalue weighted by atomic mass is 14.8.